The summed E-state index contributed by atoms with van der Waals surface area (Å²) in [5, 5.41) is 0. The van der Waals surface area contributed by atoms with Crippen molar-refractivity contribution >= 4 is 5.69 Å². The fourth-order valence-corrected chi connectivity index (χ4v) is 2.53. The summed E-state index contributed by atoms with van der Waals surface area (Å²) in [5.41, 5.74) is 1.33. The van der Waals surface area contributed by atoms with E-state index in [2.05, 4.69) is 25.2 Å². The van der Waals surface area contributed by atoms with Crippen molar-refractivity contribution in [2.24, 2.45) is 0 Å². The van der Waals surface area contributed by atoms with Gasteiger partial charge in [0.15, 0.2) is 11.4 Å². The zero-order valence-corrected chi connectivity index (χ0v) is 9.70. The summed E-state index contributed by atoms with van der Waals surface area (Å²) >= 11 is 0. The second-order valence-corrected chi connectivity index (χ2v) is 4.58. The Labute approximate surface area is 92.1 Å². The lowest BCUT2D eigenvalue weighted by molar-refractivity contribution is 0.265. The predicted octanol–water partition coefficient (Wildman–Crippen LogP) is 2.82. The van der Waals surface area contributed by atoms with Crippen molar-refractivity contribution in [1.82, 2.24) is 4.48 Å². The molecule has 0 N–H and O–H groups in total. The Bertz CT molecular complexity index is 329. The van der Waals surface area contributed by atoms with Gasteiger partial charge in [-0.1, -0.05) is 12.1 Å². The van der Waals surface area contributed by atoms with Crippen LogP contribution in [0.4, 0.5) is 5.69 Å². The van der Waals surface area contributed by atoms with Crippen molar-refractivity contribution in [2.75, 3.05) is 27.2 Å². The predicted molar refractivity (Wildman–Crippen MR) is 64.3 cm³/mol. The first-order valence-electron chi connectivity index (χ1n) is 5.74. The zero-order chi connectivity index (χ0) is 10.7. The van der Waals surface area contributed by atoms with Crippen molar-refractivity contribution in [1.29, 1.82) is 0 Å². The first kappa shape index (κ1) is 10.5. The van der Waals surface area contributed by atoms with Gasteiger partial charge in [-0.05, 0) is 25.3 Å². The molecule has 0 amide bonds. The van der Waals surface area contributed by atoms with E-state index in [0.717, 1.165) is 10.2 Å². The van der Waals surface area contributed by atoms with Crippen LogP contribution in [0, 0.1) is 0 Å². The van der Waals surface area contributed by atoms with Gasteiger partial charge in [-0.15, -0.1) is 0 Å². The van der Waals surface area contributed by atoms with Crippen LogP contribution in [0.25, 0.3) is 0 Å². The molecule has 2 heteroatoms. The van der Waals surface area contributed by atoms with E-state index < -0.39 is 0 Å². The molecule has 15 heavy (non-hydrogen) atoms. The largest absolute Gasteiger partial charge is 0.491 e. The van der Waals surface area contributed by atoms with Crippen LogP contribution < -0.4 is 9.22 Å². The van der Waals surface area contributed by atoms with Crippen molar-refractivity contribution < 1.29 is 4.74 Å². The number of hydrogen-bond donors (Lipinski definition) is 0. The number of nitrogens with zero attached hydrogens (tertiary/aromatic N) is 1. The number of methoxy groups -OCH3 is 1. The highest BCUT2D eigenvalue weighted by Gasteiger charge is 2.30. The third-order valence-corrected chi connectivity index (χ3v) is 3.47. The molecule has 0 aromatic heterocycles. The highest BCUT2D eigenvalue weighted by Crippen LogP contribution is 2.34. The van der Waals surface area contributed by atoms with Gasteiger partial charge < -0.3 is 4.74 Å². The van der Waals surface area contributed by atoms with Crippen LogP contribution in [-0.2, 0) is 0 Å². The lowest BCUT2D eigenvalue weighted by atomic mass is 10.1. The fourth-order valence-electron chi connectivity index (χ4n) is 2.53. The number of quaternary nitrogens is 1. The number of piperidine rings is 1. The second kappa shape index (κ2) is 4.23. The number of ether oxygens (including phenoxy) is 1. The number of hydrogen-bond acceptors (Lipinski definition) is 1. The van der Waals surface area contributed by atoms with Gasteiger partial charge in [-0.25, -0.2) is 0 Å². The molecular formula is C13H20NO+. The van der Waals surface area contributed by atoms with Crippen molar-refractivity contribution in [3.8, 4) is 5.75 Å². The SMILES string of the molecule is COc1ccccc1[N+]1(C)CCCCC1. The monoisotopic (exact) mass is 206 g/mol. The summed E-state index contributed by atoms with van der Waals surface area (Å²) in [4.78, 5) is 0. The van der Waals surface area contributed by atoms with Crippen molar-refractivity contribution in [3.05, 3.63) is 24.3 Å². The smallest absolute Gasteiger partial charge is 0.179 e. The van der Waals surface area contributed by atoms with Gasteiger partial charge in [-0.3, -0.25) is 4.48 Å². The molecule has 0 bridgehead atoms. The van der Waals surface area contributed by atoms with Crippen LogP contribution in [0.2, 0.25) is 0 Å². The quantitative estimate of drug-likeness (QED) is 0.676. The Morgan fingerprint density at radius 2 is 1.73 bits per heavy atom. The molecule has 0 spiro atoms. The third-order valence-electron chi connectivity index (χ3n) is 3.47. The first-order valence-corrected chi connectivity index (χ1v) is 5.74. The average molecular weight is 206 g/mol. The number of rotatable bonds is 2. The van der Waals surface area contributed by atoms with E-state index in [-0.39, 0.29) is 0 Å². The maximum atomic E-state index is 5.45. The van der Waals surface area contributed by atoms with E-state index in [1.165, 1.54) is 38.0 Å². The molecule has 1 aliphatic rings. The lowest BCUT2D eigenvalue weighted by Crippen LogP contribution is -2.49. The summed E-state index contributed by atoms with van der Waals surface area (Å²) in [6.45, 7) is 2.47. The van der Waals surface area contributed by atoms with Crippen LogP contribution in [0.1, 0.15) is 19.3 Å². The second-order valence-electron chi connectivity index (χ2n) is 4.58. The molecule has 82 valence electrons. The molecule has 1 aliphatic heterocycles. The molecule has 0 unspecified atom stereocenters. The number of benzene rings is 1. The van der Waals surface area contributed by atoms with E-state index in [0.29, 0.717) is 0 Å². The minimum atomic E-state index is 1.03. The van der Waals surface area contributed by atoms with Gasteiger partial charge >= 0.3 is 0 Å². The molecule has 1 aromatic carbocycles. The van der Waals surface area contributed by atoms with Crippen molar-refractivity contribution in [2.45, 2.75) is 19.3 Å². The molecule has 1 heterocycles. The minimum Gasteiger partial charge on any atom is -0.491 e. The molecule has 1 aromatic rings. The summed E-state index contributed by atoms with van der Waals surface area (Å²) in [6, 6.07) is 8.41. The highest BCUT2D eigenvalue weighted by atomic mass is 16.5. The summed E-state index contributed by atoms with van der Waals surface area (Å²) in [5.74, 6) is 1.03. The lowest BCUT2D eigenvalue weighted by Gasteiger charge is -2.37. The Balaban J connectivity index is 2.34. The first-order chi connectivity index (χ1) is 7.26. The molecular weight excluding hydrogens is 186 g/mol. The Kier molecular flexibility index (Phi) is 2.96. The highest BCUT2D eigenvalue weighted by molar-refractivity contribution is 5.55. The molecule has 0 radical (unpaired) electrons. The van der Waals surface area contributed by atoms with Crippen LogP contribution >= 0.6 is 0 Å². The summed E-state index contributed by atoms with van der Waals surface area (Å²) < 4.78 is 6.48. The average Bonchev–Trinajstić information content (AvgIpc) is 2.30. The normalized spacial score (nSPS) is 19.9. The molecule has 1 fully saturated rings. The Morgan fingerprint density at radius 1 is 1.07 bits per heavy atom. The topological polar surface area (TPSA) is 9.23 Å². The van der Waals surface area contributed by atoms with Gasteiger partial charge in [0.1, 0.15) is 0 Å². The van der Waals surface area contributed by atoms with Crippen LogP contribution in [-0.4, -0.2) is 27.2 Å². The number of para-hydroxylation sites is 2. The van der Waals surface area contributed by atoms with Gasteiger partial charge in [0, 0.05) is 6.07 Å². The standard InChI is InChI=1S/C13H20NO/c1-14(10-6-3-7-11-14)12-8-4-5-9-13(12)15-2/h4-5,8-9H,3,6-7,10-11H2,1-2H3/q+1. The van der Waals surface area contributed by atoms with Crippen LogP contribution in [0.5, 0.6) is 5.75 Å². The van der Waals surface area contributed by atoms with Gasteiger partial charge in [0.25, 0.3) is 0 Å². The number of likely N-dealkylation sites (tertiary alicyclic amines) is 1. The summed E-state index contributed by atoms with van der Waals surface area (Å²) in [7, 11) is 4.08. The molecule has 0 atom stereocenters. The maximum absolute atomic E-state index is 5.45. The van der Waals surface area contributed by atoms with E-state index in [9.17, 15) is 0 Å². The molecule has 2 nitrogen and oxygen atoms in total. The van der Waals surface area contributed by atoms with Crippen molar-refractivity contribution in [3.63, 3.8) is 0 Å². The van der Waals surface area contributed by atoms with E-state index in [4.69, 9.17) is 4.74 Å². The molecule has 0 saturated carbocycles. The molecule has 2 rings (SSSR count). The van der Waals surface area contributed by atoms with E-state index in [1.54, 1.807) is 7.11 Å². The zero-order valence-electron chi connectivity index (χ0n) is 9.70. The van der Waals surface area contributed by atoms with Crippen LogP contribution in [0.15, 0.2) is 24.3 Å². The van der Waals surface area contributed by atoms with E-state index >= 15 is 0 Å². The fraction of sp³-hybridized carbons (Fsp3) is 0.538. The third kappa shape index (κ3) is 2.00. The van der Waals surface area contributed by atoms with E-state index in [1.807, 2.05) is 6.07 Å². The molecule has 0 aliphatic carbocycles. The Hall–Kier alpha value is -1.02. The maximum Gasteiger partial charge on any atom is 0.179 e. The van der Waals surface area contributed by atoms with Gasteiger partial charge in [0.05, 0.1) is 27.2 Å². The van der Waals surface area contributed by atoms with Gasteiger partial charge in [-0.2, -0.15) is 0 Å². The van der Waals surface area contributed by atoms with Crippen LogP contribution in [0.3, 0.4) is 0 Å². The Morgan fingerprint density at radius 3 is 2.40 bits per heavy atom. The minimum absolute atomic E-state index is 1.03. The summed E-state index contributed by atoms with van der Waals surface area (Å²) in [6.07, 6.45) is 4.03. The molecule has 1 saturated heterocycles. The van der Waals surface area contributed by atoms with Gasteiger partial charge in [0.2, 0.25) is 0 Å².